The summed E-state index contributed by atoms with van der Waals surface area (Å²) < 4.78 is 28.2. The van der Waals surface area contributed by atoms with E-state index in [0.29, 0.717) is 31.9 Å². The highest BCUT2D eigenvalue weighted by Crippen LogP contribution is 2.43. The molecule has 174 valence electrons. The fraction of sp³-hybridized carbons (Fsp3) is 0.435. The van der Waals surface area contributed by atoms with Crippen molar-refractivity contribution in [3.63, 3.8) is 0 Å². The van der Waals surface area contributed by atoms with Crippen LogP contribution in [0.5, 0.6) is 0 Å². The second-order valence-electron chi connectivity index (χ2n) is 8.57. The number of carbonyl (C=O) groups is 2. The molecule has 0 unspecified atom stereocenters. The molecule has 2 saturated heterocycles. The predicted molar refractivity (Wildman–Crippen MR) is 126 cm³/mol. The van der Waals surface area contributed by atoms with E-state index in [0.717, 1.165) is 36.2 Å². The summed E-state index contributed by atoms with van der Waals surface area (Å²) in [4.78, 5) is 29.7. The standard InChI is InChI=1S/C23H26N4O4S2/c1-17-21(32-22(24-17)25-18(2)28)33(30,31)27-15-12-23(16-27)10-13-26(14-11-23)20(29)9-8-19-6-4-3-5-7-19/h3-7H,10-16H2,1-2H3,(H,24,25,28). The first-order valence-electron chi connectivity index (χ1n) is 10.8. The fourth-order valence-electron chi connectivity index (χ4n) is 4.36. The van der Waals surface area contributed by atoms with Crippen molar-refractivity contribution in [1.29, 1.82) is 0 Å². The second kappa shape index (κ2) is 9.25. The molecule has 2 amide bonds. The van der Waals surface area contributed by atoms with Crippen LogP contribution in [-0.4, -0.2) is 60.6 Å². The third-order valence-electron chi connectivity index (χ3n) is 6.21. The lowest BCUT2D eigenvalue weighted by molar-refractivity contribution is -0.127. The van der Waals surface area contributed by atoms with Crippen LogP contribution in [-0.2, 0) is 19.6 Å². The Morgan fingerprint density at radius 1 is 1.12 bits per heavy atom. The van der Waals surface area contributed by atoms with Gasteiger partial charge in [0, 0.05) is 44.6 Å². The molecular weight excluding hydrogens is 460 g/mol. The summed E-state index contributed by atoms with van der Waals surface area (Å²) >= 11 is 0.984. The number of piperidine rings is 1. The molecule has 0 bridgehead atoms. The number of aryl methyl sites for hydroxylation is 1. The fourth-order valence-corrected chi connectivity index (χ4v) is 7.51. The number of carbonyl (C=O) groups excluding carboxylic acids is 2. The molecule has 1 aromatic carbocycles. The quantitative estimate of drug-likeness (QED) is 0.672. The molecule has 1 spiro atoms. The van der Waals surface area contributed by atoms with Crippen LogP contribution in [0.4, 0.5) is 5.13 Å². The highest BCUT2D eigenvalue weighted by Gasteiger charge is 2.45. The van der Waals surface area contributed by atoms with Gasteiger partial charge in [-0.25, -0.2) is 13.4 Å². The SMILES string of the molecule is CC(=O)Nc1nc(C)c(S(=O)(=O)N2CCC3(CCN(C(=O)C#Cc4ccccc4)CC3)C2)s1. The van der Waals surface area contributed by atoms with E-state index in [1.54, 1.807) is 11.8 Å². The van der Waals surface area contributed by atoms with Crippen molar-refractivity contribution in [3.8, 4) is 11.8 Å². The smallest absolute Gasteiger partial charge is 0.298 e. The number of sulfonamides is 1. The minimum Gasteiger partial charge on any atom is -0.332 e. The Morgan fingerprint density at radius 3 is 2.45 bits per heavy atom. The normalized spacial score (nSPS) is 18.1. The van der Waals surface area contributed by atoms with Gasteiger partial charge < -0.3 is 10.2 Å². The lowest BCUT2D eigenvalue weighted by atomic mass is 9.78. The van der Waals surface area contributed by atoms with Gasteiger partial charge >= 0.3 is 0 Å². The highest BCUT2D eigenvalue weighted by molar-refractivity contribution is 7.91. The molecule has 0 radical (unpaired) electrons. The van der Waals surface area contributed by atoms with Crippen LogP contribution in [0, 0.1) is 24.2 Å². The zero-order valence-corrected chi connectivity index (χ0v) is 20.3. The molecule has 8 nitrogen and oxygen atoms in total. The van der Waals surface area contributed by atoms with Crippen molar-refractivity contribution < 1.29 is 18.0 Å². The topological polar surface area (TPSA) is 99.7 Å². The molecule has 1 N–H and O–H groups in total. The lowest BCUT2D eigenvalue weighted by Crippen LogP contribution is -2.44. The first kappa shape index (κ1) is 23.4. The summed E-state index contributed by atoms with van der Waals surface area (Å²) in [6, 6.07) is 9.40. The average molecular weight is 487 g/mol. The highest BCUT2D eigenvalue weighted by atomic mass is 32.2. The lowest BCUT2D eigenvalue weighted by Gasteiger charge is -2.38. The first-order valence-corrected chi connectivity index (χ1v) is 13.1. The van der Waals surface area contributed by atoms with E-state index >= 15 is 0 Å². The van der Waals surface area contributed by atoms with Crippen LogP contribution in [0.2, 0.25) is 0 Å². The largest absolute Gasteiger partial charge is 0.332 e. The Balaban J connectivity index is 1.39. The Bertz CT molecular complexity index is 1220. The number of rotatable bonds is 3. The number of nitrogens with one attached hydrogen (secondary N) is 1. The Hall–Kier alpha value is -2.74. The minimum absolute atomic E-state index is 0.129. The number of amides is 2. The molecule has 0 aliphatic carbocycles. The molecule has 0 atom stereocenters. The van der Waals surface area contributed by atoms with Crippen molar-refractivity contribution in [2.45, 2.75) is 37.3 Å². The number of thiazole rings is 1. The zero-order valence-electron chi connectivity index (χ0n) is 18.6. The summed E-state index contributed by atoms with van der Waals surface area (Å²) in [5.74, 6) is 5.14. The summed E-state index contributed by atoms with van der Waals surface area (Å²) in [6.45, 7) is 5.02. The van der Waals surface area contributed by atoms with Crippen molar-refractivity contribution in [2.75, 3.05) is 31.5 Å². The molecular formula is C23H26N4O4S2. The maximum absolute atomic E-state index is 13.3. The van der Waals surface area contributed by atoms with Crippen LogP contribution in [0.15, 0.2) is 34.5 Å². The maximum Gasteiger partial charge on any atom is 0.298 e. The van der Waals surface area contributed by atoms with E-state index in [1.807, 2.05) is 30.3 Å². The Morgan fingerprint density at radius 2 is 1.79 bits per heavy atom. The third-order valence-corrected chi connectivity index (χ3v) is 9.72. The van der Waals surface area contributed by atoms with E-state index in [1.165, 1.54) is 11.2 Å². The molecule has 2 aliphatic rings. The van der Waals surface area contributed by atoms with Gasteiger partial charge in [0.05, 0.1) is 5.69 Å². The van der Waals surface area contributed by atoms with Gasteiger partial charge in [-0.05, 0) is 43.7 Å². The van der Waals surface area contributed by atoms with Crippen molar-refractivity contribution in [2.24, 2.45) is 5.41 Å². The van der Waals surface area contributed by atoms with Crippen LogP contribution in [0.1, 0.15) is 37.4 Å². The molecule has 2 aliphatic heterocycles. The van der Waals surface area contributed by atoms with Gasteiger partial charge in [-0.1, -0.05) is 35.5 Å². The van der Waals surface area contributed by atoms with Crippen molar-refractivity contribution in [1.82, 2.24) is 14.2 Å². The van der Waals surface area contributed by atoms with E-state index < -0.39 is 10.0 Å². The van der Waals surface area contributed by atoms with Gasteiger partial charge in [0.2, 0.25) is 5.91 Å². The average Bonchev–Trinajstić information content (AvgIpc) is 3.37. The van der Waals surface area contributed by atoms with E-state index in [2.05, 4.69) is 22.1 Å². The van der Waals surface area contributed by atoms with Gasteiger partial charge in [-0.2, -0.15) is 4.31 Å². The monoisotopic (exact) mass is 486 g/mol. The van der Waals surface area contributed by atoms with Gasteiger partial charge in [0.15, 0.2) is 9.34 Å². The van der Waals surface area contributed by atoms with Crippen LogP contribution in [0.3, 0.4) is 0 Å². The van der Waals surface area contributed by atoms with E-state index in [-0.39, 0.29) is 26.6 Å². The molecule has 0 saturated carbocycles. The van der Waals surface area contributed by atoms with Gasteiger partial charge in [-0.3, -0.25) is 9.59 Å². The number of aromatic nitrogens is 1. The van der Waals surface area contributed by atoms with E-state index in [4.69, 9.17) is 0 Å². The molecule has 2 aromatic rings. The van der Waals surface area contributed by atoms with Crippen molar-refractivity contribution >= 4 is 38.3 Å². The number of likely N-dealkylation sites (tertiary alicyclic amines) is 1. The van der Waals surface area contributed by atoms with Gasteiger partial charge in [0.1, 0.15) is 0 Å². The summed E-state index contributed by atoms with van der Waals surface area (Å²) in [5.41, 5.74) is 1.06. The number of hydrogen-bond donors (Lipinski definition) is 1. The van der Waals surface area contributed by atoms with Gasteiger partial charge in [0.25, 0.3) is 15.9 Å². The van der Waals surface area contributed by atoms with Crippen LogP contribution in [0.25, 0.3) is 0 Å². The molecule has 1 aromatic heterocycles. The summed E-state index contributed by atoms with van der Waals surface area (Å²) in [5, 5.41) is 2.85. The number of hydrogen-bond acceptors (Lipinski definition) is 6. The molecule has 4 rings (SSSR count). The number of benzene rings is 1. The van der Waals surface area contributed by atoms with Crippen molar-refractivity contribution in [3.05, 3.63) is 41.6 Å². The number of anilines is 1. The van der Waals surface area contributed by atoms with E-state index in [9.17, 15) is 18.0 Å². The summed E-state index contributed by atoms with van der Waals surface area (Å²) in [7, 11) is -3.69. The second-order valence-corrected chi connectivity index (χ2v) is 11.7. The Kier molecular flexibility index (Phi) is 6.56. The van der Waals surface area contributed by atoms with Crippen LogP contribution < -0.4 is 5.32 Å². The zero-order chi connectivity index (χ0) is 23.6. The predicted octanol–water partition coefficient (Wildman–Crippen LogP) is 2.46. The minimum atomic E-state index is -3.69. The maximum atomic E-state index is 13.3. The molecule has 33 heavy (non-hydrogen) atoms. The van der Waals surface area contributed by atoms with Gasteiger partial charge in [-0.15, -0.1) is 0 Å². The first-order chi connectivity index (χ1) is 15.7. The molecule has 10 heteroatoms. The molecule has 2 fully saturated rings. The van der Waals surface area contributed by atoms with Crippen LogP contribution >= 0.6 is 11.3 Å². The molecule has 3 heterocycles. The third kappa shape index (κ3) is 5.11. The summed E-state index contributed by atoms with van der Waals surface area (Å²) in [6.07, 6.45) is 2.26. The number of nitrogens with zero attached hydrogens (tertiary/aromatic N) is 3. The Labute approximate surface area is 198 Å².